The molecule has 7 nitrogen and oxygen atoms in total. The summed E-state index contributed by atoms with van der Waals surface area (Å²) in [6, 6.07) is 8.93. The number of benzene rings is 1. The molecule has 0 atom stereocenters. The lowest BCUT2D eigenvalue weighted by Gasteiger charge is -2.07. The number of hydrogen-bond acceptors (Lipinski definition) is 6. The number of carbonyl (C=O) groups excluding carboxylic acids is 1. The van der Waals surface area contributed by atoms with Crippen molar-refractivity contribution in [2.75, 3.05) is 11.1 Å². The van der Waals surface area contributed by atoms with Crippen LogP contribution in [0.3, 0.4) is 0 Å². The number of hydrogen-bond donors (Lipinski definition) is 1. The van der Waals surface area contributed by atoms with E-state index in [1.165, 1.54) is 11.8 Å². The van der Waals surface area contributed by atoms with Gasteiger partial charge in [0.1, 0.15) is 0 Å². The van der Waals surface area contributed by atoms with Crippen LogP contribution in [0.25, 0.3) is 0 Å². The molecule has 21 heavy (non-hydrogen) atoms. The SMILES string of the molecule is CC(C)n1nnnc1SCC(=O)Nc1cccc(C#N)c1. The Morgan fingerprint density at radius 3 is 3.05 bits per heavy atom. The van der Waals surface area contributed by atoms with Gasteiger partial charge in [-0.15, -0.1) is 5.10 Å². The smallest absolute Gasteiger partial charge is 0.234 e. The molecule has 0 saturated carbocycles. The second-order valence-electron chi connectivity index (χ2n) is 4.53. The number of amides is 1. The summed E-state index contributed by atoms with van der Waals surface area (Å²) in [6.07, 6.45) is 0. The van der Waals surface area contributed by atoms with Crippen LogP contribution >= 0.6 is 11.8 Å². The van der Waals surface area contributed by atoms with Gasteiger partial charge in [-0.1, -0.05) is 17.8 Å². The Morgan fingerprint density at radius 2 is 2.33 bits per heavy atom. The zero-order valence-electron chi connectivity index (χ0n) is 11.6. The first-order valence-corrected chi connectivity index (χ1v) is 7.29. The average molecular weight is 302 g/mol. The van der Waals surface area contributed by atoms with Gasteiger partial charge in [-0.25, -0.2) is 4.68 Å². The van der Waals surface area contributed by atoms with Crippen LogP contribution in [-0.4, -0.2) is 31.9 Å². The van der Waals surface area contributed by atoms with Crippen LogP contribution in [0.5, 0.6) is 0 Å². The molecule has 2 rings (SSSR count). The zero-order chi connectivity index (χ0) is 15.2. The number of nitrogens with zero attached hydrogens (tertiary/aromatic N) is 5. The topological polar surface area (TPSA) is 96.5 Å². The lowest BCUT2D eigenvalue weighted by atomic mass is 10.2. The molecule has 1 amide bonds. The van der Waals surface area contributed by atoms with E-state index in [-0.39, 0.29) is 17.7 Å². The van der Waals surface area contributed by atoms with Crippen LogP contribution < -0.4 is 5.32 Å². The zero-order valence-corrected chi connectivity index (χ0v) is 12.5. The summed E-state index contributed by atoms with van der Waals surface area (Å²) < 4.78 is 1.66. The minimum absolute atomic E-state index is 0.137. The third-order valence-corrected chi connectivity index (χ3v) is 3.49. The number of tetrazole rings is 1. The number of nitriles is 1. The summed E-state index contributed by atoms with van der Waals surface area (Å²) in [4.78, 5) is 11.9. The standard InChI is InChI=1S/C13H14N6OS/c1-9(2)19-13(16-17-18-19)21-8-12(20)15-11-5-3-4-10(6-11)7-14/h3-6,9H,8H2,1-2H3,(H,15,20). The summed E-state index contributed by atoms with van der Waals surface area (Å²) in [7, 11) is 0. The van der Waals surface area contributed by atoms with Gasteiger partial charge < -0.3 is 5.32 Å². The van der Waals surface area contributed by atoms with Gasteiger partial charge in [-0.05, 0) is 42.5 Å². The molecular formula is C13H14N6OS. The minimum atomic E-state index is -0.173. The molecule has 1 aromatic carbocycles. The van der Waals surface area contributed by atoms with Crippen LogP contribution in [0.15, 0.2) is 29.4 Å². The first-order chi connectivity index (χ1) is 10.1. The van der Waals surface area contributed by atoms with Gasteiger partial charge >= 0.3 is 0 Å². The molecule has 1 heterocycles. The highest BCUT2D eigenvalue weighted by Crippen LogP contribution is 2.18. The Bertz CT molecular complexity index is 675. The van der Waals surface area contributed by atoms with E-state index in [0.29, 0.717) is 16.4 Å². The Hall–Kier alpha value is -2.40. The highest BCUT2D eigenvalue weighted by Gasteiger charge is 2.12. The predicted molar refractivity (Wildman–Crippen MR) is 78.7 cm³/mol. The van der Waals surface area contributed by atoms with E-state index < -0.39 is 0 Å². The molecule has 108 valence electrons. The average Bonchev–Trinajstić information content (AvgIpc) is 2.94. The van der Waals surface area contributed by atoms with Crippen molar-refractivity contribution in [3.63, 3.8) is 0 Å². The molecule has 0 fully saturated rings. The number of rotatable bonds is 5. The van der Waals surface area contributed by atoms with E-state index in [9.17, 15) is 4.79 Å². The maximum absolute atomic E-state index is 11.9. The second-order valence-corrected chi connectivity index (χ2v) is 5.47. The highest BCUT2D eigenvalue weighted by atomic mass is 32.2. The normalized spacial score (nSPS) is 10.4. The monoisotopic (exact) mass is 302 g/mol. The van der Waals surface area contributed by atoms with E-state index in [1.54, 1.807) is 28.9 Å². The maximum atomic E-state index is 11.9. The van der Waals surface area contributed by atoms with Crippen molar-refractivity contribution >= 4 is 23.4 Å². The largest absolute Gasteiger partial charge is 0.325 e. The van der Waals surface area contributed by atoms with Crippen molar-refractivity contribution in [3.8, 4) is 6.07 Å². The van der Waals surface area contributed by atoms with Gasteiger partial charge in [-0.3, -0.25) is 4.79 Å². The van der Waals surface area contributed by atoms with Crippen LogP contribution in [0, 0.1) is 11.3 Å². The molecule has 2 aromatic rings. The fraction of sp³-hybridized carbons (Fsp3) is 0.308. The number of carbonyl (C=O) groups is 1. The third-order valence-electron chi connectivity index (χ3n) is 2.56. The summed E-state index contributed by atoms with van der Waals surface area (Å²) in [5.41, 5.74) is 1.10. The molecule has 0 spiro atoms. The van der Waals surface area contributed by atoms with Crippen molar-refractivity contribution in [1.29, 1.82) is 5.26 Å². The van der Waals surface area contributed by atoms with Crippen LogP contribution in [0.1, 0.15) is 25.5 Å². The van der Waals surface area contributed by atoms with Crippen LogP contribution in [0.4, 0.5) is 5.69 Å². The fourth-order valence-electron chi connectivity index (χ4n) is 1.60. The lowest BCUT2D eigenvalue weighted by molar-refractivity contribution is -0.113. The Labute approximate surface area is 126 Å². The van der Waals surface area contributed by atoms with Gasteiger partial charge in [0.15, 0.2) is 0 Å². The Balaban J connectivity index is 1.93. The summed E-state index contributed by atoms with van der Waals surface area (Å²) in [6.45, 7) is 3.93. The van der Waals surface area contributed by atoms with E-state index in [2.05, 4.69) is 20.8 Å². The third kappa shape index (κ3) is 4.03. The summed E-state index contributed by atoms with van der Waals surface area (Å²) in [5.74, 6) is 0.0255. The number of nitrogens with one attached hydrogen (secondary N) is 1. The molecule has 1 aromatic heterocycles. The summed E-state index contributed by atoms with van der Waals surface area (Å²) in [5, 5.41) is 23.5. The molecule has 0 unspecified atom stereocenters. The molecular weight excluding hydrogens is 288 g/mol. The van der Waals surface area contributed by atoms with Gasteiger partial charge in [0.2, 0.25) is 11.1 Å². The lowest BCUT2D eigenvalue weighted by Crippen LogP contribution is -2.15. The first kappa shape index (κ1) is 15.0. The fourth-order valence-corrected chi connectivity index (χ4v) is 2.40. The van der Waals surface area contributed by atoms with E-state index in [4.69, 9.17) is 5.26 Å². The van der Waals surface area contributed by atoms with Gasteiger partial charge in [0.05, 0.1) is 23.4 Å². The van der Waals surface area contributed by atoms with Crippen molar-refractivity contribution < 1.29 is 4.79 Å². The van der Waals surface area contributed by atoms with Crippen LogP contribution in [-0.2, 0) is 4.79 Å². The molecule has 0 saturated heterocycles. The van der Waals surface area contributed by atoms with Gasteiger partial charge in [0, 0.05) is 5.69 Å². The van der Waals surface area contributed by atoms with Crippen molar-refractivity contribution in [3.05, 3.63) is 29.8 Å². The van der Waals surface area contributed by atoms with E-state index >= 15 is 0 Å². The molecule has 0 radical (unpaired) electrons. The van der Waals surface area contributed by atoms with Crippen LogP contribution in [0.2, 0.25) is 0 Å². The number of aromatic nitrogens is 4. The first-order valence-electron chi connectivity index (χ1n) is 6.31. The van der Waals surface area contributed by atoms with Crippen molar-refractivity contribution in [1.82, 2.24) is 20.2 Å². The van der Waals surface area contributed by atoms with Gasteiger partial charge in [-0.2, -0.15) is 5.26 Å². The predicted octanol–water partition coefficient (Wildman–Crippen LogP) is 1.86. The number of anilines is 1. The molecule has 1 N–H and O–H groups in total. The second kappa shape index (κ2) is 6.85. The minimum Gasteiger partial charge on any atom is -0.325 e. The molecule has 8 heteroatoms. The Kier molecular flexibility index (Phi) is 4.90. The van der Waals surface area contributed by atoms with E-state index in [1.807, 2.05) is 19.9 Å². The van der Waals surface area contributed by atoms with Crippen molar-refractivity contribution in [2.24, 2.45) is 0 Å². The quantitative estimate of drug-likeness (QED) is 0.847. The van der Waals surface area contributed by atoms with E-state index in [0.717, 1.165) is 0 Å². The summed E-state index contributed by atoms with van der Waals surface area (Å²) >= 11 is 1.27. The number of thioether (sulfide) groups is 1. The molecule has 0 bridgehead atoms. The maximum Gasteiger partial charge on any atom is 0.234 e. The van der Waals surface area contributed by atoms with Crippen molar-refractivity contribution in [2.45, 2.75) is 25.0 Å². The van der Waals surface area contributed by atoms with Gasteiger partial charge in [0.25, 0.3) is 0 Å². The molecule has 0 aliphatic carbocycles. The molecule has 0 aliphatic heterocycles. The Morgan fingerprint density at radius 1 is 1.52 bits per heavy atom. The highest BCUT2D eigenvalue weighted by molar-refractivity contribution is 7.99. The molecule has 0 aliphatic rings.